The van der Waals surface area contributed by atoms with Crippen LogP contribution in [0.1, 0.15) is 25.6 Å². The average Bonchev–Trinajstić information content (AvgIpc) is 2.92. The number of hydrogen-bond donors (Lipinski definition) is 1. The van der Waals surface area contributed by atoms with Crippen LogP contribution in [0.25, 0.3) is 0 Å². The van der Waals surface area contributed by atoms with E-state index in [2.05, 4.69) is 21.2 Å². The Kier molecular flexibility index (Phi) is 2.98. The van der Waals surface area contributed by atoms with Gasteiger partial charge in [-0.2, -0.15) is 4.37 Å². The summed E-state index contributed by atoms with van der Waals surface area (Å²) in [6.45, 7) is 2.93. The van der Waals surface area contributed by atoms with Crippen LogP contribution >= 0.6 is 11.5 Å². The zero-order valence-corrected chi connectivity index (χ0v) is 9.13. The van der Waals surface area contributed by atoms with Crippen molar-refractivity contribution in [1.82, 2.24) is 9.36 Å². The molecule has 78 valence electrons. The van der Waals surface area contributed by atoms with Crippen LogP contribution in [-0.4, -0.2) is 33.7 Å². The van der Waals surface area contributed by atoms with Gasteiger partial charge < -0.3 is 10.0 Å². The van der Waals surface area contributed by atoms with Crippen LogP contribution in [0.3, 0.4) is 0 Å². The number of aliphatic hydroxyl groups excluding tert-OH is 1. The number of aromatic nitrogens is 2. The number of anilines is 1. The number of hydrogen-bond acceptors (Lipinski definition) is 5. The van der Waals surface area contributed by atoms with E-state index >= 15 is 0 Å². The van der Waals surface area contributed by atoms with Crippen LogP contribution in [0.15, 0.2) is 0 Å². The van der Waals surface area contributed by atoms with Crippen LogP contribution in [-0.2, 0) is 6.42 Å². The van der Waals surface area contributed by atoms with Crippen LogP contribution < -0.4 is 4.90 Å². The van der Waals surface area contributed by atoms with Crippen molar-refractivity contribution < 1.29 is 5.11 Å². The van der Waals surface area contributed by atoms with Crippen LogP contribution in [0.5, 0.6) is 0 Å². The molecule has 0 amide bonds. The van der Waals surface area contributed by atoms with Crippen molar-refractivity contribution in [3.63, 3.8) is 0 Å². The van der Waals surface area contributed by atoms with Gasteiger partial charge in [0.25, 0.3) is 0 Å². The fourth-order valence-corrected chi connectivity index (χ4v) is 2.28. The Morgan fingerprint density at radius 1 is 1.57 bits per heavy atom. The minimum Gasteiger partial charge on any atom is -0.395 e. The van der Waals surface area contributed by atoms with E-state index in [1.54, 1.807) is 0 Å². The third-order valence-corrected chi connectivity index (χ3v) is 3.14. The lowest BCUT2D eigenvalue weighted by Gasteiger charge is -2.18. The van der Waals surface area contributed by atoms with Gasteiger partial charge in [0.05, 0.1) is 6.61 Å². The molecule has 1 fully saturated rings. The second-order valence-corrected chi connectivity index (χ2v) is 4.23. The first-order chi connectivity index (χ1) is 6.85. The quantitative estimate of drug-likeness (QED) is 0.794. The minimum atomic E-state index is 0.192. The van der Waals surface area contributed by atoms with Gasteiger partial charge in [0, 0.05) is 30.5 Å². The van der Waals surface area contributed by atoms with Gasteiger partial charge in [0.15, 0.2) is 0 Å². The van der Waals surface area contributed by atoms with Gasteiger partial charge in [-0.3, -0.25) is 0 Å². The van der Waals surface area contributed by atoms with Crippen molar-refractivity contribution in [2.24, 2.45) is 0 Å². The number of nitrogens with zero attached hydrogens (tertiary/aromatic N) is 3. The van der Waals surface area contributed by atoms with E-state index < -0.39 is 0 Å². The van der Waals surface area contributed by atoms with Crippen molar-refractivity contribution in [1.29, 1.82) is 0 Å². The second kappa shape index (κ2) is 4.23. The van der Waals surface area contributed by atoms with Crippen molar-refractivity contribution in [3.05, 3.63) is 5.82 Å². The predicted octanol–water partition coefficient (Wildman–Crippen LogP) is 1.06. The first kappa shape index (κ1) is 9.86. The number of rotatable bonds is 5. The predicted molar refractivity (Wildman–Crippen MR) is 56.7 cm³/mol. The standard InChI is InChI=1S/C9H15N3OS/c1-2-8-10-9(14-11-8)12(5-6-13)7-3-4-7/h7,13H,2-6H2,1H3. The highest BCUT2D eigenvalue weighted by atomic mass is 32.1. The molecule has 5 heteroatoms. The highest BCUT2D eigenvalue weighted by Gasteiger charge is 2.30. The molecule has 1 aromatic heterocycles. The summed E-state index contributed by atoms with van der Waals surface area (Å²) in [4.78, 5) is 6.61. The van der Waals surface area contributed by atoms with Gasteiger partial charge in [-0.25, -0.2) is 4.98 Å². The van der Waals surface area contributed by atoms with Crippen molar-refractivity contribution >= 4 is 16.7 Å². The van der Waals surface area contributed by atoms with Gasteiger partial charge in [0.1, 0.15) is 5.82 Å². The summed E-state index contributed by atoms with van der Waals surface area (Å²) in [5.74, 6) is 0.911. The van der Waals surface area contributed by atoms with Crippen molar-refractivity contribution in [2.45, 2.75) is 32.2 Å². The lowest BCUT2D eigenvalue weighted by atomic mass is 10.5. The van der Waals surface area contributed by atoms with Crippen molar-refractivity contribution in [2.75, 3.05) is 18.1 Å². The van der Waals surface area contributed by atoms with E-state index in [4.69, 9.17) is 5.11 Å². The Labute approximate surface area is 87.8 Å². The van der Waals surface area contributed by atoms with E-state index in [1.807, 2.05) is 0 Å². The van der Waals surface area contributed by atoms with Crippen molar-refractivity contribution in [3.8, 4) is 0 Å². The van der Waals surface area contributed by atoms with Crippen LogP contribution in [0.4, 0.5) is 5.13 Å². The zero-order valence-electron chi connectivity index (χ0n) is 8.31. The largest absolute Gasteiger partial charge is 0.395 e. The number of aryl methyl sites for hydroxylation is 1. The Morgan fingerprint density at radius 2 is 2.36 bits per heavy atom. The maximum absolute atomic E-state index is 8.95. The molecule has 1 heterocycles. The second-order valence-electron chi connectivity index (χ2n) is 3.49. The molecule has 0 radical (unpaired) electrons. The third kappa shape index (κ3) is 2.04. The lowest BCUT2D eigenvalue weighted by Crippen LogP contribution is -2.28. The molecule has 14 heavy (non-hydrogen) atoms. The first-order valence-corrected chi connectivity index (χ1v) is 5.82. The Balaban J connectivity index is 2.08. The Hall–Kier alpha value is -0.680. The Morgan fingerprint density at radius 3 is 2.86 bits per heavy atom. The van der Waals surface area contributed by atoms with Crippen LogP contribution in [0, 0.1) is 0 Å². The minimum absolute atomic E-state index is 0.192. The third-order valence-electron chi connectivity index (χ3n) is 2.35. The molecule has 0 aliphatic heterocycles. The van der Waals surface area contributed by atoms with Gasteiger partial charge in [-0.1, -0.05) is 6.92 Å². The molecule has 1 saturated carbocycles. The molecular weight excluding hydrogens is 198 g/mol. The van der Waals surface area contributed by atoms with E-state index in [0.29, 0.717) is 12.6 Å². The molecule has 0 bridgehead atoms. The lowest BCUT2D eigenvalue weighted by molar-refractivity contribution is 0.301. The fraction of sp³-hybridized carbons (Fsp3) is 0.778. The summed E-state index contributed by atoms with van der Waals surface area (Å²) in [6.07, 6.45) is 3.33. The maximum Gasteiger partial charge on any atom is 0.205 e. The van der Waals surface area contributed by atoms with E-state index in [9.17, 15) is 0 Å². The molecule has 2 rings (SSSR count). The monoisotopic (exact) mass is 213 g/mol. The van der Waals surface area contributed by atoms with Gasteiger partial charge in [-0.05, 0) is 12.8 Å². The smallest absolute Gasteiger partial charge is 0.205 e. The van der Waals surface area contributed by atoms with Gasteiger partial charge in [-0.15, -0.1) is 0 Å². The zero-order chi connectivity index (χ0) is 9.97. The van der Waals surface area contributed by atoms with Crippen LogP contribution in [0.2, 0.25) is 0 Å². The summed E-state index contributed by atoms with van der Waals surface area (Å²) in [5, 5.41) is 9.92. The van der Waals surface area contributed by atoms with Gasteiger partial charge in [0.2, 0.25) is 5.13 Å². The molecular formula is C9H15N3OS. The summed E-state index contributed by atoms with van der Waals surface area (Å²) in [6, 6.07) is 0.597. The maximum atomic E-state index is 8.95. The van der Waals surface area contributed by atoms with Gasteiger partial charge >= 0.3 is 0 Å². The normalized spacial score (nSPS) is 15.9. The molecule has 0 aromatic carbocycles. The Bertz CT molecular complexity index is 298. The first-order valence-electron chi connectivity index (χ1n) is 5.05. The SMILES string of the molecule is CCc1nsc(N(CCO)C2CC2)n1. The molecule has 1 N–H and O–H groups in total. The average molecular weight is 213 g/mol. The summed E-state index contributed by atoms with van der Waals surface area (Å²) in [7, 11) is 0. The molecule has 1 aliphatic carbocycles. The summed E-state index contributed by atoms with van der Waals surface area (Å²) < 4.78 is 4.26. The van der Waals surface area contributed by atoms with E-state index in [1.165, 1.54) is 24.4 Å². The highest BCUT2D eigenvalue weighted by molar-refractivity contribution is 7.09. The highest BCUT2D eigenvalue weighted by Crippen LogP contribution is 2.32. The van der Waals surface area contributed by atoms with E-state index in [-0.39, 0.29) is 6.61 Å². The molecule has 0 unspecified atom stereocenters. The summed E-state index contributed by atoms with van der Waals surface area (Å²) >= 11 is 1.44. The number of aliphatic hydroxyl groups is 1. The fourth-order valence-electron chi connectivity index (χ4n) is 1.43. The molecule has 0 atom stereocenters. The summed E-state index contributed by atoms with van der Waals surface area (Å²) in [5.41, 5.74) is 0. The topological polar surface area (TPSA) is 49.2 Å². The van der Waals surface area contributed by atoms with E-state index in [0.717, 1.165) is 17.4 Å². The molecule has 4 nitrogen and oxygen atoms in total. The molecule has 0 saturated heterocycles. The molecule has 1 aromatic rings. The molecule has 1 aliphatic rings. The molecule has 0 spiro atoms.